The number of nitrogens with zero attached hydrogens (tertiary/aromatic N) is 6. The topological polar surface area (TPSA) is 69.7 Å². The van der Waals surface area contributed by atoms with E-state index < -0.39 is 0 Å². The second-order valence-corrected chi connectivity index (χ2v) is 6.76. The summed E-state index contributed by atoms with van der Waals surface area (Å²) in [6.07, 6.45) is 5.19. The molecule has 0 N–H and O–H groups in total. The van der Waals surface area contributed by atoms with Crippen LogP contribution in [-0.2, 0) is 0 Å². The van der Waals surface area contributed by atoms with Crippen LogP contribution in [0, 0.1) is 22.8 Å². The van der Waals surface area contributed by atoms with Crippen molar-refractivity contribution in [1.82, 2.24) is 19.5 Å². The lowest BCUT2D eigenvalue weighted by Crippen LogP contribution is -2.44. The van der Waals surface area contributed by atoms with E-state index in [2.05, 4.69) is 32.5 Å². The van der Waals surface area contributed by atoms with Gasteiger partial charge < -0.3 is 14.5 Å². The van der Waals surface area contributed by atoms with E-state index in [1.807, 2.05) is 36.2 Å². The molecule has 0 unspecified atom stereocenters. The zero-order chi connectivity index (χ0) is 20.2. The Labute approximate surface area is 174 Å². The second-order valence-electron chi connectivity index (χ2n) is 6.57. The molecule has 0 spiro atoms. The molecule has 0 radical (unpaired) electrons. The van der Waals surface area contributed by atoms with E-state index in [1.54, 1.807) is 16.9 Å². The molecular weight excluding hydrogens is 388 g/mol. The van der Waals surface area contributed by atoms with Gasteiger partial charge in [0.15, 0.2) is 0 Å². The zero-order valence-electron chi connectivity index (χ0n) is 16.0. The van der Waals surface area contributed by atoms with Crippen molar-refractivity contribution >= 4 is 22.9 Å². The first-order chi connectivity index (χ1) is 14.2. The number of anilines is 1. The van der Waals surface area contributed by atoms with Gasteiger partial charge in [0.05, 0.1) is 30.1 Å². The summed E-state index contributed by atoms with van der Waals surface area (Å²) in [6, 6.07) is 11.1. The molecule has 0 saturated carbocycles. The molecule has 0 bridgehead atoms. The lowest BCUT2D eigenvalue weighted by Gasteiger charge is -2.33. The van der Waals surface area contributed by atoms with Gasteiger partial charge in [-0.05, 0) is 36.7 Å². The largest absolute Gasteiger partial charge is 0.492 e. The molecule has 0 amide bonds. The van der Waals surface area contributed by atoms with Gasteiger partial charge in [-0.2, -0.15) is 10.4 Å². The third-order valence-electron chi connectivity index (χ3n) is 4.88. The Morgan fingerprint density at radius 2 is 2.03 bits per heavy atom. The Balaban J connectivity index is 1.65. The van der Waals surface area contributed by atoms with Crippen LogP contribution in [0.25, 0.3) is 16.6 Å². The van der Waals surface area contributed by atoms with Crippen LogP contribution in [0.2, 0.25) is 0 Å². The summed E-state index contributed by atoms with van der Waals surface area (Å²) in [4.78, 5) is 8.90. The van der Waals surface area contributed by atoms with E-state index >= 15 is 0 Å². The molecule has 1 fully saturated rings. The molecule has 29 heavy (non-hydrogen) atoms. The first kappa shape index (κ1) is 18.9. The summed E-state index contributed by atoms with van der Waals surface area (Å²) < 4.78 is 7.35. The highest BCUT2D eigenvalue weighted by Crippen LogP contribution is 2.31. The third-order valence-corrected chi connectivity index (χ3v) is 4.97. The minimum atomic E-state index is 0.517. The number of nitriles is 1. The molecule has 8 heteroatoms. The molecule has 146 valence electrons. The maximum Gasteiger partial charge on any atom is 0.138 e. The van der Waals surface area contributed by atoms with Crippen molar-refractivity contribution in [3.8, 4) is 34.4 Å². The lowest BCUT2D eigenvalue weighted by molar-refractivity contribution is 0.338. The maximum absolute atomic E-state index is 9.46. The highest BCUT2D eigenvalue weighted by atomic mass is 35.5. The number of fused-ring (bicyclic) bond motifs is 1. The molecule has 0 aromatic carbocycles. The molecule has 1 aliphatic heterocycles. The molecule has 4 rings (SSSR count). The number of ether oxygens (including phenoxy) is 1. The SMILES string of the molecule is CCOc1cc(-c2ccc(N3CCN(C#CCl)CC3)nc2)c2c(C#N)cnn2c1. The highest BCUT2D eigenvalue weighted by molar-refractivity contribution is 6.30. The Kier molecular flexibility index (Phi) is 5.41. The summed E-state index contributed by atoms with van der Waals surface area (Å²) in [6.45, 7) is 5.80. The van der Waals surface area contributed by atoms with Gasteiger partial charge in [0, 0.05) is 54.9 Å². The molecule has 3 aromatic rings. The number of hydrogen-bond donors (Lipinski definition) is 0. The van der Waals surface area contributed by atoms with Gasteiger partial charge in [-0.15, -0.1) is 0 Å². The van der Waals surface area contributed by atoms with Crippen molar-refractivity contribution in [3.63, 3.8) is 0 Å². The van der Waals surface area contributed by atoms with Crippen LogP contribution in [0.4, 0.5) is 5.82 Å². The fourth-order valence-corrected chi connectivity index (χ4v) is 3.60. The third kappa shape index (κ3) is 3.78. The van der Waals surface area contributed by atoms with Crippen molar-refractivity contribution < 1.29 is 4.74 Å². The monoisotopic (exact) mass is 406 g/mol. The van der Waals surface area contributed by atoms with Crippen molar-refractivity contribution in [1.29, 1.82) is 5.26 Å². The Morgan fingerprint density at radius 3 is 2.69 bits per heavy atom. The number of hydrogen-bond acceptors (Lipinski definition) is 6. The fourth-order valence-electron chi connectivity index (χ4n) is 3.48. The molecule has 0 aliphatic carbocycles. The maximum atomic E-state index is 9.46. The van der Waals surface area contributed by atoms with Crippen LogP contribution in [0.5, 0.6) is 5.75 Å². The summed E-state index contributed by atoms with van der Waals surface area (Å²) in [7, 11) is 0. The van der Waals surface area contributed by atoms with Crippen LogP contribution < -0.4 is 9.64 Å². The van der Waals surface area contributed by atoms with Crippen molar-refractivity contribution in [2.24, 2.45) is 0 Å². The first-order valence-corrected chi connectivity index (χ1v) is 9.73. The van der Waals surface area contributed by atoms with Crippen LogP contribution >= 0.6 is 11.6 Å². The fraction of sp³-hybridized carbons (Fsp3) is 0.286. The Hall–Kier alpha value is -3.42. The van der Waals surface area contributed by atoms with E-state index in [9.17, 15) is 5.26 Å². The predicted octanol–water partition coefficient (Wildman–Crippen LogP) is 2.95. The van der Waals surface area contributed by atoms with E-state index in [-0.39, 0.29) is 0 Å². The lowest BCUT2D eigenvalue weighted by atomic mass is 10.1. The zero-order valence-corrected chi connectivity index (χ0v) is 16.7. The van der Waals surface area contributed by atoms with Crippen LogP contribution in [-0.4, -0.2) is 52.3 Å². The Bertz CT molecular complexity index is 1110. The predicted molar refractivity (Wildman–Crippen MR) is 112 cm³/mol. The molecule has 7 nitrogen and oxygen atoms in total. The smallest absolute Gasteiger partial charge is 0.138 e. The molecule has 1 aliphatic rings. The normalized spacial score (nSPS) is 13.7. The van der Waals surface area contributed by atoms with E-state index in [0.29, 0.717) is 17.9 Å². The van der Waals surface area contributed by atoms with E-state index in [4.69, 9.17) is 16.3 Å². The van der Waals surface area contributed by atoms with Gasteiger partial charge in [0.1, 0.15) is 17.6 Å². The van der Waals surface area contributed by atoms with Gasteiger partial charge in [0.25, 0.3) is 0 Å². The Morgan fingerprint density at radius 1 is 1.21 bits per heavy atom. The van der Waals surface area contributed by atoms with Crippen molar-refractivity contribution in [2.45, 2.75) is 6.92 Å². The summed E-state index contributed by atoms with van der Waals surface area (Å²) in [5.74, 6) is 1.61. The number of halogens is 1. The number of piperazine rings is 1. The van der Waals surface area contributed by atoms with Crippen molar-refractivity contribution in [3.05, 3.63) is 42.4 Å². The minimum Gasteiger partial charge on any atom is -0.492 e. The quantitative estimate of drug-likeness (QED) is 0.620. The van der Waals surface area contributed by atoms with Crippen LogP contribution in [0.3, 0.4) is 0 Å². The number of pyridine rings is 2. The molecular formula is C21H19ClN6O. The van der Waals surface area contributed by atoms with E-state index in [1.165, 1.54) is 0 Å². The van der Waals surface area contributed by atoms with Gasteiger partial charge in [-0.1, -0.05) is 0 Å². The summed E-state index contributed by atoms with van der Waals surface area (Å²) >= 11 is 5.49. The average Bonchev–Trinajstić information content (AvgIpc) is 3.17. The van der Waals surface area contributed by atoms with Crippen molar-refractivity contribution in [2.75, 3.05) is 37.7 Å². The molecule has 1 saturated heterocycles. The van der Waals surface area contributed by atoms with Crippen LogP contribution in [0.1, 0.15) is 12.5 Å². The number of aromatic nitrogens is 3. The van der Waals surface area contributed by atoms with Gasteiger partial charge in [-0.25, -0.2) is 9.50 Å². The van der Waals surface area contributed by atoms with E-state index in [0.717, 1.165) is 48.6 Å². The molecule has 0 atom stereocenters. The first-order valence-electron chi connectivity index (χ1n) is 9.35. The van der Waals surface area contributed by atoms with Gasteiger partial charge in [-0.3, -0.25) is 0 Å². The molecule has 4 heterocycles. The number of rotatable bonds is 4. The van der Waals surface area contributed by atoms with Crippen LogP contribution in [0.15, 0.2) is 36.8 Å². The average molecular weight is 407 g/mol. The van der Waals surface area contributed by atoms with Gasteiger partial charge in [0.2, 0.25) is 0 Å². The standard InChI is InChI=1S/C21H19ClN6O/c1-2-29-18-11-19(21-17(12-23)14-25-28(21)15-18)16-3-4-20(24-13-16)27-9-7-26(6-5-22)8-10-27/h3-4,11,13-15H,2,7-10H2,1H3. The second kappa shape index (κ2) is 8.30. The summed E-state index contributed by atoms with van der Waals surface area (Å²) in [5, 5.41) is 16.2. The van der Waals surface area contributed by atoms with Gasteiger partial charge >= 0.3 is 0 Å². The highest BCUT2D eigenvalue weighted by Gasteiger charge is 2.17. The summed E-state index contributed by atoms with van der Waals surface area (Å²) in [5.41, 5.74) is 3.04. The molecule has 3 aromatic heterocycles. The minimum absolute atomic E-state index is 0.517.